The maximum Gasteiger partial charge on any atom is 0.279 e. The second-order valence-corrected chi connectivity index (χ2v) is 7.97. The first kappa shape index (κ1) is 20.3. The van der Waals surface area contributed by atoms with Gasteiger partial charge in [-0.25, -0.2) is 9.37 Å². The van der Waals surface area contributed by atoms with E-state index in [0.29, 0.717) is 27.3 Å². The number of hydrogen-bond acceptors (Lipinski definition) is 6. The molecule has 6 aromatic rings. The van der Waals surface area contributed by atoms with Gasteiger partial charge in [-0.15, -0.1) is 0 Å². The average Bonchev–Trinajstić information content (AvgIpc) is 3.51. The summed E-state index contributed by atoms with van der Waals surface area (Å²) >= 11 is 6.53. The van der Waals surface area contributed by atoms with E-state index >= 15 is 0 Å². The number of aromatic nitrogens is 6. The number of para-hydroxylation sites is 1. The lowest BCUT2D eigenvalue weighted by atomic mass is 10.2. The SMILES string of the molecule is O=c1c2c(-c3nc(-c4ccc(F)cc4)no3)ncn2c2cccc(Cl)c2n1Cc1ccccn1. The van der Waals surface area contributed by atoms with Crippen LogP contribution in [-0.2, 0) is 6.54 Å². The van der Waals surface area contributed by atoms with Crippen molar-refractivity contribution in [1.29, 1.82) is 0 Å². The summed E-state index contributed by atoms with van der Waals surface area (Å²) in [6.07, 6.45) is 3.19. The monoisotopic (exact) mass is 472 g/mol. The Balaban J connectivity index is 1.58. The first-order valence-corrected chi connectivity index (χ1v) is 10.7. The maximum atomic E-state index is 13.8. The molecule has 166 valence electrons. The summed E-state index contributed by atoms with van der Waals surface area (Å²) in [5, 5.41) is 4.41. The van der Waals surface area contributed by atoms with Gasteiger partial charge in [0.1, 0.15) is 17.7 Å². The summed E-state index contributed by atoms with van der Waals surface area (Å²) < 4.78 is 21.9. The lowest BCUT2D eigenvalue weighted by Crippen LogP contribution is -2.24. The number of benzene rings is 2. The molecule has 10 heteroatoms. The van der Waals surface area contributed by atoms with Crippen molar-refractivity contribution in [2.75, 3.05) is 0 Å². The number of pyridine rings is 1. The minimum atomic E-state index is -0.369. The average molecular weight is 473 g/mol. The predicted octanol–water partition coefficient (Wildman–Crippen LogP) is 4.60. The standard InChI is InChI=1S/C24H14ClFN6O2/c25-17-5-3-6-18-20(17)31(12-16-4-1-2-11-27-16)24(33)21-19(28-13-32(18)21)23-29-22(30-34-23)14-7-9-15(26)10-8-14/h1-11,13H,12H2. The smallest absolute Gasteiger partial charge is 0.279 e. The molecule has 0 aliphatic carbocycles. The van der Waals surface area contributed by atoms with Crippen LogP contribution in [0.3, 0.4) is 0 Å². The van der Waals surface area contributed by atoms with Gasteiger partial charge < -0.3 is 4.52 Å². The molecule has 34 heavy (non-hydrogen) atoms. The van der Waals surface area contributed by atoms with Crippen molar-refractivity contribution in [3.63, 3.8) is 0 Å². The van der Waals surface area contributed by atoms with Crippen molar-refractivity contribution in [2.45, 2.75) is 6.54 Å². The number of fused-ring (bicyclic) bond motifs is 3. The molecular weight excluding hydrogens is 459 g/mol. The third kappa shape index (κ3) is 3.25. The summed E-state index contributed by atoms with van der Waals surface area (Å²) in [4.78, 5) is 26.9. The molecule has 8 nitrogen and oxygen atoms in total. The normalized spacial score (nSPS) is 11.5. The Morgan fingerprint density at radius 2 is 1.82 bits per heavy atom. The minimum absolute atomic E-state index is 0.0738. The molecule has 4 aromatic heterocycles. The maximum absolute atomic E-state index is 13.8. The Kier molecular flexibility index (Phi) is 4.70. The highest BCUT2D eigenvalue weighted by Gasteiger charge is 2.22. The van der Waals surface area contributed by atoms with Gasteiger partial charge in [-0.3, -0.25) is 18.7 Å². The molecule has 0 radical (unpaired) electrons. The van der Waals surface area contributed by atoms with Crippen molar-refractivity contribution in [3.8, 4) is 23.0 Å². The lowest BCUT2D eigenvalue weighted by molar-refractivity contribution is 0.431. The van der Waals surface area contributed by atoms with Crippen LogP contribution in [0.1, 0.15) is 5.69 Å². The molecule has 0 aliphatic heterocycles. The van der Waals surface area contributed by atoms with E-state index in [-0.39, 0.29) is 40.8 Å². The lowest BCUT2D eigenvalue weighted by Gasteiger charge is -2.13. The summed E-state index contributed by atoms with van der Waals surface area (Å²) in [7, 11) is 0. The molecule has 0 atom stereocenters. The van der Waals surface area contributed by atoms with Crippen LogP contribution in [0.15, 0.2) is 82.5 Å². The largest absolute Gasteiger partial charge is 0.332 e. The number of nitrogens with zero attached hydrogens (tertiary/aromatic N) is 6. The van der Waals surface area contributed by atoms with Gasteiger partial charge in [-0.1, -0.05) is 28.9 Å². The number of hydrogen-bond donors (Lipinski definition) is 0. The van der Waals surface area contributed by atoms with E-state index < -0.39 is 0 Å². The molecule has 0 fully saturated rings. The third-order valence-corrected chi connectivity index (χ3v) is 5.79. The summed E-state index contributed by atoms with van der Waals surface area (Å²) in [6.45, 7) is 0.214. The van der Waals surface area contributed by atoms with Crippen molar-refractivity contribution in [1.82, 2.24) is 29.1 Å². The van der Waals surface area contributed by atoms with Crippen LogP contribution in [0.5, 0.6) is 0 Å². The van der Waals surface area contributed by atoms with E-state index in [9.17, 15) is 9.18 Å². The van der Waals surface area contributed by atoms with Crippen LogP contribution in [0.2, 0.25) is 5.02 Å². The Bertz CT molecular complexity index is 1720. The molecule has 0 bridgehead atoms. The number of halogens is 2. The van der Waals surface area contributed by atoms with Gasteiger partial charge in [0.25, 0.3) is 11.4 Å². The number of imidazole rings is 1. The van der Waals surface area contributed by atoms with E-state index in [1.54, 1.807) is 39.4 Å². The van der Waals surface area contributed by atoms with Gasteiger partial charge in [0.15, 0.2) is 5.69 Å². The molecule has 0 N–H and O–H groups in total. The fourth-order valence-electron chi connectivity index (χ4n) is 3.93. The topological polar surface area (TPSA) is 91.1 Å². The highest BCUT2D eigenvalue weighted by atomic mass is 35.5. The van der Waals surface area contributed by atoms with Crippen LogP contribution >= 0.6 is 11.6 Å². The molecule has 6 rings (SSSR count). The summed E-state index contributed by atoms with van der Waals surface area (Å²) in [5.41, 5.74) is 2.70. The van der Waals surface area contributed by atoms with E-state index in [1.165, 1.54) is 18.5 Å². The number of rotatable bonds is 4. The van der Waals surface area contributed by atoms with Gasteiger partial charge in [0, 0.05) is 11.8 Å². The Hall–Kier alpha value is -4.37. The summed E-state index contributed by atoms with van der Waals surface area (Å²) in [6, 6.07) is 16.6. The van der Waals surface area contributed by atoms with Crippen molar-refractivity contribution >= 4 is 28.2 Å². The zero-order valence-electron chi connectivity index (χ0n) is 17.4. The zero-order chi connectivity index (χ0) is 23.2. The fourth-order valence-corrected chi connectivity index (χ4v) is 4.20. The van der Waals surface area contributed by atoms with E-state index in [4.69, 9.17) is 16.1 Å². The highest BCUT2D eigenvalue weighted by molar-refractivity contribution is 6.35. The van der Waals surface area contributed by atoms with Gasteiger partial charge in [-0.2, -0.15) is 4.98 Å². The molecule has 0 spiro atoms. The molecule has 0 aliphatic rings. The molecular formula is C24H14ClFN6O2. The molecule has 4 heterocycles. The minimum Gasteiger partial charge on any atom is -0.332 e. The first-order valence-electron chi connectivity index (χ1n) is 10.3. The van der Waals surface area contributed by atoms with Gasteiger partial charge in [0.2, 0.25) is 5.82 Å². The molecule has 0 unspecified atom stereocenters. The Morgan fingerprint density at radius 1 is 0.971 bits per heavy atom. The van der Waals surface area contributed by atoms with E-state index in [0.717, 1.165) is 0 Å². The van der Waals surface area contributed by atoms with E-state index in [2.05, 4.69) is 20.1 Å². The molecule has 0 saturated heterocycles. The fraction of sp³-hybridized carbons (Fsp3) is 0.0417. The quantitative estimate of drug-likeness (QED) is 0.372. The first-order chi connectivity index (χ1) is 16.6. The molecule has 0 saturated carbocycles. The molecule has 0 amide bonds. The van der Waals surface area contributed by atoms with Crippen LogP contribution in [0.25, 0.3) is 39.5 Å². The summed E-state index contributed by atoms with van der Waals surface area (Å²) in [5.74, 6) is -0.0370. The van der Waals surface area contributed by atoms with E-state index in [1.807, 2.05) is 24.3 Å². The van der Waals surface area contributed by atoms with Crippen molar-refractivity contribution < 1.29 is 8.91 Å². The second-order valence-electron chi connectivity index (χ2n) is 7.56. The molecule has 2 aromatic carbocycles. The van der Waals surface area contributed by atoms with Crippen LogP contribution in [0.4, 0.5) is 4.39 Å². The third-order valence-electron chi connectivity index (χ3n) is 5.49. The van der Waals surface area contributed by atoms with Crippen molar-refractivity contribution in [2.24, 2.45) is 0 Å². The second kappa shape index (κ2) is 7.89. The van der Waals surface area contributed by atoms with Crippen LogP contribution in [-0.4, -0.2) is 29.1 Å². The Morgan fingerprint density at radius 3 is 2.62 bits per heavy atom. The predicted molar refractivity (Wildman–Crippen MR) is 124 cm³/mol. The van der Waals surface area contributed by atoms with Gasteiger partial charge >= 0.3 is 0 Å². The van der Waals surface area contributed by atoms with Gasteiger partial charge in [-0.05, 0) is 48.5 Å². The van der Waals surface area contributed by atoms with Crippen LogP contribution in [0, 0.1) is 5.82 Å². The Labute approximate surface area is 195 Å². The van der Waals surface area contributed by atoms with Crippen molar-refractivity contribution in [3.05, 3.63) is 100 Å². The zero-order valence-corrected chi connectivity index (χ0v) is 18.1. The van der Waals surface area contributed by atoms with Gasteiger partial charge in [0.05, 0.1) is 28.3 Å². The van der Waals surface area contributed by atoms with Crippen LogP contribution < -0.4 is 5.56 Å². The highest BCUT2D eigenvalue weighted by Crippen LogP contribution is 2.28.